The minimum atomic E-state index is -0.200. The zero-order valence-electron chi connectivity index (χ0n) is 7.64. The van der Waals surface area contributed by atoms with Gasteiger partial charge in [-0.3, -0.25) is 4.79 Å². The van der Waals surface area contributed by atoms with Gasteiger partial charge >= 0.3 is 0 Å². The summed E-state index contributed by atoms with van der Waals surface area (Å²) in [5.74, 6) is 0.192. The fourth-order valence-corrected chi connectivity index (χ4v) is 1.60. The predicted molar refractivity (Wildman–Crippen MR) is 55.4 cm³/mol. The van der Waals surface area contributed by atoms with Crippen molar-refractivity contribution in [1.29, 1.82) is 0 Å². The second-order valence-corrected chi connectivity index (χ2v) is 3.68. The number of aromatic nitrogens is 2. The molecule has 0 spiro atoms. The molecule has 0 fully saturated rings. The summed E-state index contributed by atoms with van der Waals surface area (Å²) in [6.45, 7) is 0. The normalized spacial score (nSPS) is 10.1. The zero-order chi connectivity index (χ0) is 10.7. The Balaban J connectivity index is 1.93. The molecule has 0 bridgehead atoms. The van der Waals surface area contributed by atoms with E-state index in [4.69, 9.17) is 5.73 Å². The van der Waals surface area contributed by atoms with Crippen molar-refractivity contribution in [1.82, 2.24) is 10.1 Å². The number of amides is 1. The largest absolute Gasteiger partial charge is 0.375 e. The molecule has 2 aromatic heterocycles. The Hall–Kier alpha value is -1.89. The van der Waals surface area contributed by atoms with Gasteiger partial charge in [0, 0.05) is 11.4 Å². The van der Waals surface area contributed by atoms with Gasteiger partial charge in [0.25, 0.3) is 0 Å². The minimum Gasteiger partial charge on any atom is -0.375 e. The quantitative estimate of drug-likeness (QED) is 0.807. The van der Waals surface area contributed by atoms with Crippen molar-refractivity contribution >= 4 is 28.2 Å². The van der Waals surface area contributed by atoms with Crippen LogP contribution in [-0.2, 0) is 11.2 Å². The van der Waals surface area contributed by atoms with Gasteiger partial charge in [-0.2, -0.15) is 0 Å². The summed E-state index contributed by atoms with van der Waals surface area (Å²) < 4.78 is 4.57. The highest BCUT2D eigenvalue weighted by Gasteiger charge is 2.08. The molecule has 0 saturated carbocycles. The van der Waals surface area contributed by atoms with E-state index in [9.17, 15) is 4.79 Å². The molecule has 0 saturated heterocycles. The molecule has 0 atom stereocenters. The average Bonchev–Trinajstić information content (AvgIpc) is 2.77. The number of carbonyl (C=O) groups is 1. The van der Waals surface area contributed by atoms with E-state index in [0.29, 0.717) is 16.6 Å². The summed E-state index contributed by atoms with van der Waals surface area (Å²) in [7, 11) is 0. The molecule has 0 radical (unpaired) electrons. The van der Waals surface area contributed by atoms with Gasteiger partial charge in [-0.05, 0) is 0 Å². The number of thiazole rings is 1. The SMILES string of the molecule is Nc1nc(CC(=O)Nc2ccon2)cs1. The number of hydrogen-bond donors (Lipinski definition) is 2. The molecule has 6 nitrogen and oxygen atoms in total. The lowest BCUT2D eigenvalue weighted by Crippen LogP contribution is -2.14. The maximum absolute atomic E-state index is 11.4. The molecule has 1 amide bonds. The molecule has 0 aromatic carbocycles. The monoisotopic (exact) mass is 224 g/mol. The number of anilines is 2. The molecular weight excluding hydrogens is 216 g/mol. The van der Waals surface area contributed by atoms with E-state index >= 15 is 0 Å². The van der Waals surface area contributed by atoms with E-state index in [2.05, 4.69) is 20.0 Å². The number of carbonyl (C=O) groups excluding carboxylic acids is 1. The molecule has 2 aromatic rings. The number of nitrogens with zero attached hydrogens (tertiary/aromatic N) is 2. The number of nitrogen functional groups attached to an aromatic ring is 1. The van der Waals surface area contributed by atoms with Gasteiger partial charge in [0.05, 0.1) is 12.1 Å². The molecule has 2 rings (SSSR count). The molecule has 7 heteroatoms. The van der Waals surface area contributed by atoms with Crippen LogP contribution in [0.2, 0.25) is 0 Å². The number of nitrogens with two attached hydrogens (primary N) is 1. The van der Waals surface area contributed by atoms with E-state index in [1.54, 1.807) is 11.4 Å². The zero-order valence-corrected chi connectivity index (χ0v) is 8.45. The maximum Gasteiger partial charge on any atom is 0.231 e. The highest BCUT2D eigenvalue weighted by Crippen LogP contribution is 2.12. The van der Waals surface area contributed by atoms with Crippen molar-refractivity contribution in [3.05, 3.63) is 23.4 Å². The van der Waals surface area contributed by atoms with Crippen LogP contribution < -0.4 is 11.1 Å². The molecule has 0 unspecified atom stereocenters. The summed E-state index contributed by atoms with van der Waals surface area (Å²) >= 11 is 1.31. The Morgan fingerprint density at radius 2 is 2.53 bits per heavy atom. The third-order valence-corrected chi connectivity index (χ3v) is 2.34. The minimum absolute atomic E-state index is 0.181. The van der Waals surface area contributed by atoms with Gasteiger partial charge in [0.1, 0.15) is 6.26 Å². The second kappa shape index (κ2) is 4.09. The summed E-state index contributed by atoms with van der Waals surface area (Å²) in [5, 5.41) is 8.32. The lowest BCUT2D eigenvalue weighted by Gasteiger charge is -1.97. The van der Waals surface area contributed by atoms with Crippen molar-refractivity contribution in [2.24, 2.45) is 0 Å². The highest BCUT2D eigenvalue weighted by atomic mass is 32.1. The molecule has 0 aliphatic heterocycles. The van der Waals surface area contributed by atoms with Gasteiger partial charge in [-0.15, -0.1) is 11.3 Å². The van der Waals surface area contributed by atoms with Gasteiger partial charge < -0.3 is 15.6 Å². The fourth-order valence-electron chi connectivity index (χ4n) is 1.03. The van der Waals surface area contributed by atoms with Gasteiger partial charge in [-0.25, -0.2) is 4.98 Å². The Morgan fingerprint density at radius 1 is 1.67 bits per heavy atom. The fraction of sp³-hybridized carbons (Fsp3) is 0.125. The lowest BCUT2D eigenvalue weighted by molar-refractivity contribution is -0.115. The average molecular weight is 224 g/mol. The number of hydrogen-bond acceptors (Lipinski definition) is 6. The van der Waals surface area contributed by atoms with Crippen LogP contribution in [-0.4, -0.2) is 16.0 Å². The van der Waals surface area contributed by atoms with Gasteiger partial charge in [-0.1, -0.05) is 5.16 Å². The van der Waals surface area contributed by atoms with E-state index < -0.39 is 0 Å². The molecule has 0 aliphatic carbocycles. The maximum atomic E-state index is 11.4. The summed E-state index contributed by atoms with van der Waals surface area (Å²) in [4.78, 5) is 15.4. The molecule has 3 N–H and O–H groups in total. The van der Waals surface area contributed by atoms with E-state index in [0.717, 1.165) is 0 Å². The van der Waals surface area contributed by atoms with Crippen LogP contribution in [0.1, 0.15) is 5.69 Å². The molecule has 15 heavy (non-hydrogen) atoms. The van der Waals surface area contributed by atoms with Gasteiger partial charge in [0.15, 0.2) is 10.9 Å². The van der Waals surface area contributed by atoms with Crippen LogP contribution in [0.25, 0.3) is 0 Å². The van der Waals surface area contributed by atoms with E-state index in [1.165, 1.54) is 17.6 Å². The van der Waals surface area contributed by atoms with Crippen LogP contribution in [0.4, 0.5) is 10.9 Å². The standard InChI is InChI=1S/C8H8N4O2S/c9-8-10-5(4-15-8)3-7(13)11-6-1-2-14-12-6/h1-2,4H,3H2,(H2,9,10)(H,11,12,13). The molecule has 2 heterocycles. The van der Waals surface area contributed by atoms with Crippen LogP contribution in [0.5, 0.6) is 0 Å². The second-order valence-electron chi connectivity index (χ2n) is 2.79. The Bertz CT molecular complexity index is 451. The third kappa shape index (κ3) is 2.53. The first kappa shape index (κ1) is 9.66. The van der Waals surface area contributed by atoms with Crippen molar-refractivity contribution in [2.75, 3.05) is 11.1 Å². The van der Waals surface area contributed by atoms with Crippen LogP contribution in [0.15, 0.2) is 22.2 Å². The summed E-state index contributed by atoms with van der Waals surface area (Å²) in [6, 6.07) is 1.56. The smallest absolute Gasteiger partial charge is 0.231 e. The first-order valence-electron chi connectivity index (χ1n) is 4.14. The number of nitrogens with one attached hydrogen (secondary N) is 1. The van der Waals surface area contributed by atoms with Gasteiger partial charge in [0.2, 0.25) is 5.91 Å². The number of rotatable bonds is 3. The highest BCUT2D eigenvalue weighted by molar-refractivity contribution is 7.13. The molecule has 0 aliphatic rings. The molecule has 78 valence electrons. The van der Waals surface area contributed by atoms with Crippen LogP contribution >= 0.6 is 11.3 Å². The first-order chi connectivity index (χ1) is 7.24. The van der Waals surface area contributed by atoms with Crippen molar-refractivity contribution < 1.29 is 9.32 Å². The Morgan fingerprint density at radius 3 is 3.13 bits per heavy atom. The Kier molecular flexibility index (Phi) is 2.64. The third-order valence-electron chi connectivity index (χ3n) is 1.62. The van der Waals surface area contributed by atoms with E-state index in [1.807, 2.05) is 0 Å². The Labute approximate surface area is 89.1 Å². The first-order valence-corrected chi connectivity index (χ1v) is 5.02. The van der Waals surface area contributed by atoms with Crippen molar-refractivity contribution in [2.45, 2.75) is 6.42 Å². The van der Waals surface area contributed by atoms with E-state index in [-0.39, 0.29) is 12.3 Å². The topological polar surface area (TPSA) is 94.0 Å². The summed E-state index contributed by atoms with van der Waals surface area (Å²) in [6.07, 6.45) is 1.57. The van der Waals surface area contributed by atoms with Crippen molar-refractivity contribution in [3.63, 3.8) is 0 Å². The van der Waals surface area contributed by atoms with Crippen LogP contribution in [0, 0.1) is 0 Å². The van der Waals surface area contributed by atoms with Crippen molar-refractivity contribution in [3.8, 4) is 0 Å². The van der Waals surface area contributed by atoms with Crippen LogP contribution in [0.3, 0.4) is 0 Å². The lowest BCUT2D eigenvalue weighted by atomic mass is 10.3. The summed E-state index contributed by atoms with van der Waals surface area (Å²) in [5.41, 5.74) is 6.09. The molecular formula is C8H8N4O2S. The predicted octanol–water partition coefficient (Wildman–Crippen LogP) is 0.894.